The highest BCUT2D eigenvalue weighted by molar-refractivity contribution is 7.92. The lowest BCUT2D eigenvalue weighted by atomic mass is 10.0. The van der Waals surface area contributed by atoms with E-state index >= 15 is 4.39 Å². The Morgan fingerprint density at radius 1 is 1.10 bits per heavy atom. The summed E-state index contributed by atoms with van der Waals surface area (Å²) >= 11 is 3.78. The van der Waals surface area contributed by atoms with Crippen molar-refractivity contribution in [2.75, 3.05) is 38.1 Å². The first-order chi connectivity index (χ1) is 20.3. The van der Waals surface area contributed by atoms with E-state index in [2.05, 4.69) is 21.5 Å². The van der Waals surface area contributed by atoms with Crippen LogP contribution in [0.25, 0.3) is 10.9 Å². The SMILES string of the molecule is COc1cc2c(Oc3ccc(N[S+]([O-])c4cccc(Cl)c4F)cc3F)ccnc2cc1OCCCN1CCCC(C)C1. The number of fused-ring (bicyclic) bond motifs is 1. The summed E-state index contributed by atoms with van der Waals surface area (Å²) in [4.78, 5) is 6.79. The molecule has 0 spiro atoms. The van der Waals surface area contributed by atoms with Gasteiger partial charge in [0.1, 0.15) is 17.1 Å². The topological polar surface area (TPSA) is 78.9 Å². The van der Waals surface area contributed by atoms with Crippen LogP contribution >= 0.6 is 11.6 Å². The van der Waals surface area contributed by atoms with Gasteiger partial charge in [0, 0.05) is 36.8 Å². The molecule has 5 rings (SSSR count). The molecule has 11 heteroatoms. The highest BCUT2D eigenvalue weighted by Gasteiger charge is 2.21. The molecule has 0 saturated carbocycles. The third kappa shape index (κ3) is 7.18. The van der Waals surface area contributed by atoms with Crippen molar-refractivity contribution in [3.63, 3.8) is 0 Å². The van der Waals surface area contributed by atoms with Gasteiger partial charge in [0.25, 0.3) is 0 Å². The zero-order valence-electron chi connectivity index (χ0n) is 23.4. The fraction of sp³-hybridized carbons (Fsp3) is 0.323. The number of likely N-dealkylation sites (tertiary alicyclic amines) is 1. The van der Waals surface area contributed by atoms with Gasteiger partial charge in [0.2, 0.25) is 4.90 Å². The highest BCUT2D eigenvalue weighted by Crippen LogP contribution is 2.38. The predicted octanol–water partition coefficient (Wildman–Crippen LogP) is 7.60. The van der Waals surface area contributed by atoms with Gasteiger partial charge in [0.05, 0.1) is 29.9 Å². The molecule has 1 aliphatic rings. The van der Waals surface area contributed by atoms with E-state index in [1.165, 1.54) is 43.2 Å². The van der Waals surface area contributed by atoms with Crippen LogP contribution in [0.3, 0.4) is 0 Å². The molecule has 2 heterocycles. The van der Waals surface area contributed by atoms with Crippen LogP contribution in [0, 0.1) is 17.6 Å². The van der Waals surface area contributed by atoms with Gasteiger partial charge in [-0.05, 0) is 68.1 Å². The monoisotopic (exact) mass is 615 g/mol. The summed E-state index contributed by atoms with van der Waals surface area (Å²) in [6, 6.07) is 13.4. The Hall–Kier alpha value is -3.31. The molecule has 0 bridgehead atoms. The minimum absolute atomic E-state index is 0.0564. The van der Waals surface area contributed by atoms with Crippen LogP contribution in [0.2, 0.25) is 5.02 Å². The van der Waals surface area contributed by atoms with Crippen molar-refractivity contribution >= 4 is 39.6 Å². The Morgan fingerprint density at radius 2 is 1.95 bits per heavy atom. The standard InChI is InChI=1S/C31H32ClF2N3O4S/c1-20-6-4-13-37(19-20)14-5-15-40-29-18-25-22(17-28(29)39-2)26(11-12-35-25)41-27-10-9-21(16-24(27)33)36-42(38)30-8-3-7-23(32)31(30)34/h3,7-12,16-18,20,36H,4-6,13-15,19H2,1-2H3. The summed E-state index contributed by atoms with van der Waals surface area (Å²) in [5.41, 5.74) is 0.779. The van der Waals surface area contributed by atoms with Gasteiger partial charge >= 0.3 is 0 Å². The summed E-state index contributed by atoms with van der Waals surface area (Å²) in [5, 5.41) is 0.461. The Labute approximate surface area is 252 Å². The van der Waals surface area contributed by atoms with Crippen LogP contribution in [0.4, 0.5) is 14.5 Å². The maximum absolute atomic E-state index is 15.0. The number of halogens is 3. The normalized spacial score (nSPS) is 16.3. The Morgan fingerprint density at radius 3 is 2.74 bits per heavy atom. The molecule has 1 saturated heterocycles. The first-order valence-corrected chi connectivity index (χ1v) is 15.3. The smallest absolute Gasteiger partial charge is 0.216 e. The molecule has 1 fully saturated rings. The average molecular weight is 616 g/mol. The minimum Gasteiger partial charge on any atom is -0.588 e. The van der Waals surface area contributed by atoms with Crippen molar-refractivity contribution in [3.05, 3.63) is 77.5 Å². The van der Waals surface area contributed by atoms with E-state index < -0.39 is 23.0 Å². The fourth-order valence-electron chi connectivity index (χ4n) is 5.00. The van der Waals surface area contributed by atoms with E-state index in [0.29, 0.717) is 34.8 Å². The summed E-state index contributed by atoms with van der Waals surface area (Å²) < 4.78 is 62.0. The van der Waals surface area contributed by atoms with Crippen LogP contribution < -0.4 is 18.9 Å². The maximum Gasteiger partial charge on any atom is 0.216 e. The zero-order valence-corrected chi connectivity index (χ0v) is 24.9. The van der Waals surface area contributed by atoms with Crippen LogP contribution in [-0.2, 0) is 11.4 Å². The predicted molar refractivity (Wildman–Crippen MR) is 161 cm³/mol. The molecular formula is C31H32ClF2N3O4S. The second-order valence-electron chi connectivity index (χ2n) is 10.2. The van der Waals surface area contributed by atoms with E-state index in [-0.39, 0.29) is 21.4 Å². The third-order valence-corrected chi connectivity index (χ3v) is 8.51. The molecule has 0 radical (unpaired) electrons. The first kappa shape index (κ1) is 30.2. The summed E-state index contributed by atoms with van der Waals surface area (Å²) in [7, 11) is 1.56. The van der Waals surface area contributed by atoms with Gasteiger partial charge in [-0.2, -0.15) is 4.39 Å². The van der Waals surface area contributed by atoms with Gasteiger partial charge in [-0.3, -0.25) is 4.98 Å². The largest absolute Gasteiger partial charge is 0.588 e. The summed E-state index contributed by atoms with van der Waals surface area (Å²) in [6.45, 7) is 6.10. The van der Waals surface area contributed by atoms with Crippen molar-refractivity contribution in [1.29, 1.82) is 0 Å². The van der Waals surface area contributed by atoms with E-state index in [1.807, 2.05) is 0 Å². The van der Waals surface area contributed by atoms with E-state index in [0.717, 1.165) is 38.0 Å². The van der Waals surface area contributed by atoms with Crippen LogP contribution in [-0.4, -0.2) is 47.8 Å². The molecule has 0 aliphatic carbocycles. The molecule has 0 amide bonds. The number of nitrogens with one attached hydrogen (secondary N) is 1. The molecule has 2 unspecified atom stereocenters. The molecule has 42 heavy (non-hydrogen) atoms. The fourth-order valence-corrected chi connectivity index (χ4v) is 6.16. The number of nitrogens with zero attached hydrogens (tertiary/aromatic N) is 2. The van der Waals surface area contributed by atoms with E-state index in [9.17, 15) is 8.94 Å². The molecule has 2 atom stereocenters. The number of rotatable bonds is 11. The van der Waals surface area contributed by atoms with Crippen LogP contribution in [0.15, 0.2) is 65.7 Å². The van der Waals surface area contributed by atoms with Gasteiger partial charge in [-0.1, -0.05) is 24.6 Å². The maximum atomic E-state index is 15.0. The molecule has 3 aromatic carbocycles. The molecule has 222 valence electrons. The second-order valence-corrected chi connectivity index (χ2v) is 11.8. The number of ether oxygens (including phenoxy) is 3. The lowest BCUT2D eigenvalue weighted by Crippen LogP contribution is -2.35. The number of methoxy groups -OCH3 is 1. The summed E-state index contributed by atoms with van der Waals surface area (Å²) in [5.74, 6) is 0.638. The molecule has 7 nitrogen and oxygen atoms in total. The highest BCUT2D eigenvalue weighted by atomic mass is 35.5. The van der Waals surface area contributed by atoms with Crippen LogP contribution in [0.1, 0.15) is 26.2 Å². The lowest BCUT2D eigenvalue weighted by molar-refractivity contribution is 0.169. The van der Waals surface area contributed by atoms with E-state index in [4.69, 9.17) is 25.8 Å². The molecule has 1 aliphatic heterocycles. The van der Waals surface area contributed by atoms with E-state index in [1.54, 1.807) is 31.5 Å². The van der Waals surface area contributed by atoms with Crippen molar-refractivity contribution in [2.45, 2.75) is 31.1 Å². The number of hydrogen-bond donors (Lipinski definition) is 1. The Kier molecular flexibility index (Phi) is 9.89. The van der Waals surface area contributed by atoms with Crippen LogP contribution in [0.5, 0.6) is 23.0 Å². The number of hydrogen-bond acceptors (Lipinski definition) is 7. The number of pyridine rings is 1. The lowest BCUT2D eigenvalue weighted by Gasteiger charge is -2.30. The minimum atomic E-state index is -1.99. The van der Waals surface area contributed by atoms with Gasteiger partial charge in [0.15, 0.2) is 28.9 Å². The Balaban J connectivity index is 1.27. The quantitative estimate of drug-likeness (QED) is 0.137. The number of aromatic nitrogens is 1. The number of benzene rings is 3. The molecular weight excluding hydrogens is 584 g/mol. The third-order valence-electron chi connectivity index (χ3n) is 7.08. The van der Waals surface area contributed by atoms with Crippen molar-refractivity contribution in [3.8, 4) is 23.0 Å². The van der Waals surface area contributed by atoms with Gasteiger partial charge in [-0.15, -0.1) is 0 Å². The first-order valence-electron chi connectivity index (χ1n) is 13.7. The molecule has 1 aromatic heterocycles. The van der Waals surface area contributed by atoms with Gasteiger partial charge in [-0.25, -0.2) is 9.11 Å². The zero-order chi connectivity index (χ0) is 29.6. The number of anilines is 1. The van der Waals surface area contributed by atoms with Crippen molar-refractivity contribution in [1.82, 2.24) is 9.88 Å². The Bertz CT molecular complexity index is 1550. The van der Waals surface area contributed by atoms with Crippen molar-refractivity contribution in [2.24, 2.45) is 5.92 Å². The summed E-state index contributed by atoms with van der Waals surface area (Å²) in [6.07, 6.45) is 5.01. The van der Waals surface area contributed by atoms with Gasteiger partial charge < -0.3 is 23.7 Å². The average Bonchev–Trinajstić information content (AvgIpc) is 2.98. The second kappa shape index (κ2) is 13.8. The molecule has 4 aromatic rings. The number of piperidine rings is 1. The molecule has 1 N–H and O–H groups in total. The van der Waals surface area contributed by atoms with Crippen molar-refractivity contribution < 1.29 is 27.5 Å².